The van der Waals surface area contributed by atoms with Gasteiger partial charge in [0.05, 0.1) is 12.1 Å². The van der Waals surface area contributed by atoms with E-state index in [1.165, 1.54) is 0 Å². The molecule has 1 heterocycles. The van der Waals surface area contributed by atoms with Crippen molar-refractivity contribution >= 4 is 12.0 Å². The highest BCUT2D eigenvalue weighted by Gasteiger charge is 2.54. The molecule has 24 heavy (non-hydrogen) atoms. The lowest BCUT2D eigenvalue weighted by Crippen LogP contribution is -2.72. The van der Waals surface area contributed by atoms with Crippen LogP contribution in [0.3, 0.4) is 0 Å². The average Bonchev–Trinajstić information content (AvgIpc) is 2.51. The summed E-state index contributed by atoms with van der Waals surface area (Å²) in [5, 5.41) is 12.5. The van der Waals surface area contributed by atoms with Crippen molar-refractivity contribution < 1.29 is 23.5 Å². The van der Waals surface area contributed by atoms with E-state index in [2.05, 4.69) is 5.32 Å². The van der Waals surface area contributed by atoms with Crippen LogP contribution in [-0.2, 0) is 10.3 Å². The minimum Gasteiger partial charge on any atom is -0.465 e. The third-order valence-electron chi connectivity index (χ3n) is 5.21. The Kier molecular flexibility index (Phi) is 3.97. The third kappa shape index (κ3) is 2.61. The molecule has 1 saturated heterocycles. The molecule has 3 rings (SSSR count). The molecule has 1 spiro atoms. The van der Waals surface area contributed by atoms with Crippen molar-refractivity contribution in [1.29, 1.82) is 0 Å². The van der Waals surface area contributed by atoms with E-state index in [0.717, 1.165) is 42.4 Å². The van der Waals surface area contributed by atoms with E-state index < -0.39 is 28.8 Å². The molecule has 0 aromatic heterocycles. The molecule has 1 saturated carbocycles. The molecule has 7 heteroatoms. The first-order chi connectivity index (χ1) is 11.3. The minimum absolute atomic E-state index is 0.0447. The number of hydrogen-bond donors (Lipinski definition) is 2. The number of hydrogen-bond acceptors (Lipinski definition) is 2. The van der Waals surface area contributed by atoms with Crippen molar-refractivity contribution in [2.75, 3.05) is 6.54 Å². The average molecular weight is 338 g/mol. The summed E-state index contributed by atoms with van der Waals surface area (Å²) in [7, 11) is 0. The van der Waals surface area contributed by atoms with Gasteiger partial charge in [0.15, 0.2) is 0 Å². The molecule has 2 N–H and O–H groups in total. The van der Waals surface area contributed by atoms with Gasteiger partial charge < -0.3 is 10.4 Å². The van der Waals surface area contributed by atoms with Crippen LogP contribution in [0.25, 0.3) is 0 Å². The lowest BCUT2D eigenvalue weighted by atomic mass is 9.75. The number of rotatable bonds is 1. The van der Waals surface area contributed by atoms with E-state index in [0.29, 0.717) is 12.8 Å². The number of piperazine rings is 1. The van der Waals surface area contributed by atoms with Crippen LogP contribution in [-0.4, -0.2) is 34.1 Å². The summed E-state index contributed by atoms with van der Waals surface area (Å²) in [5.74, 6) is -1.91. The van der Waals surface area contributed by atoms with Crippen molar-refractivity contribution in [3.63, 3.8) is 0 Å². The summed E-state index contributed by atoms with van der Waals surface area (Å²) in [6, 6.07) is 3.00. The number of carboxylic acid groups (broad SMARTS) is 1. The zero-order chi connectivity index (χ0) is 17.5. The van der Waals surface area contributed by atoms with Crippen LogP contribution in [0.15, 0.2) is 18.2 Å². The Morgan fingerprint density at radius 2 is 1.75 bits per heavy atom. The first-order valence-electron chi connectivity index (χ1n) is 8.07. The third-order valence-corrected chi connectivity index (χ3v) is 5.21. The SMILES string of the molecule is C[C@@]1(c2cc(F)cc(F)c2)CN(C(=O)O)C2(CCCCC2)C(=O)N1. The van der Waals surface area contributed by atoms with Crippen LogP contribution < -0.4 is 5.32 Å². The molecular formula is C17H20F2N2O3. The first-order valence-corrected chi connectivity index (χ1v) is 8.07. The number of nitrogens with zero attached hydrogens (tertiary/aromatic N) is 1. The van der Waals surface area contributed by atoms with Crippen molar-refractivity contribution in [3.8, 4) is 0 Å². The Hall–Kier alpha value is -2.18. The summed E-state index contributed by atoms with van der Waals surface area (Å²) in [4.78, 5) is 25.8. The van der Waals surface area contributed by atoms with E-state index in [-0.39, 0.29) is 18.0 Å². The molecule has 1 atom stereocenters. The smallest absolute Gasteiger partial charge is 0.408 e. The second-order valence-electron chi connectivity index (χ2n) is 6.91. The van der Waals surface area contributed by atoms with E-state index >= 15 is 0 Å². The summed E-state index contributed by atoms with van der Waals surface area (Å²) in [6.07, 6.45) is 2.28. The monoisotopic (exact) mass is 338 g/mol. The lowest BCUT2D eigenvalue weighted by Gasteiger charge is -2.52. The molecule has 1 aliphatic carbocycles. The number of benzene rings is 1. The number of carbonyl (C=O) groups excluding carboxylic acids is 1. The van der Waals surface area contributed by atoms with E-state index in [4.69, 9.17) is 0 Å². The molecule has 1 aliphatic heterocycles. The maximum Gasteiger partial charge on any atom is 0.408 e. The molecule has 1 aromatic carbocycles. The van der Waals surface area contributed by atoms with Crippen molar-refractivity contribution in [1.82, 2.24) is 10.2 Å². The van der Waals surface area contributed by atoms with Crippen LogP contribution >= 0.6 is 0 Å². The molecule has 0 radical (unpaired) electrons. The highest BCUT2D eigenvalue weighted by Crippen LogP contribution is 2.40. The largest absolute Gasteiger partial charge is 0.465 e. The molecular weight excluding hydrogens is 318 g/mol. The Morgan fingerprint density at radius 1 is 1.17 bits per heavy atom. The van der Waals surface area contributed by atoms with Gasteiger partial charge in [-0.2, -0.15) is 0 Å². The number of amides is 2. The summed E-state index contributed by atoms with van der Waals surface area (Å²) >= 11 is 0. The second-order valence-corrected chi connectivity index (χ2v) is 6.91. The summed E-state index contributed by atoms with van der Waals surface area (Å²) in [5.41, 5.74) is -2.04. The predicted molar refractivity (Wildman–Crippen MR) is 82.4 cm³/mol. The zero-order valence-corrected chi connectivity index (χ0v) is 13.4. The zero-order valence-electron chi connectivity index (χ0n) is 13.4. The predicted octanol–water partition coefficient (Wildman–Crippen LogP) is 2.99. The molecule has 1 aromatic rings. The van der Waals surface area contributed by atoms with Gasteiger partial charge in [0.1, 0.15) is 17.2 Å². The normalized spacial score (nSPS) is 26.3. The van der Waals surface area contributed by atoms with Gasteiger partial charge >= 0.3 is 6.09 Å². The van der Waals surface area contributed by atoms with Crippen molar-refractivity contribution in [2.24, 2.45) is 0 Å². The van der Waals surface area contributed by atoms with Crippen molar-refractivity contribution in [2.45, 2.75) is 50.1 Å². The molecule has 2 aliphatic rings. The van der Waals surface area contributed by atoms with Gasteiger partial charge in [0, 0.05) is 6.07 Å². The van der Waals surface area contributed by atoms with Gasteiger partial charge in [-0.05, 0) is 37.5 Å². The maximum atomic E-state index is 13.6. The molecule has 0 unspecified atom stereocenters. The summed E-state index contributed by atoms with van der Waals surface area (Å²) < 4.78 is 27.1. The van der Waals surface area contributed by atoms with Crippen LogP contribution in [0.1, 0.15) is 44.6 Å². The Bertz CT molecular complexity index is 668. The fourth-order valence-corrected chi connectivity index (χ4v) is 3.92. The molecule has 130 valence electrons. The molecule has 2 amide bonds. The van der Waals surface area contributed by atoms with Crippen LogP contribution in [0, 0.1) is 11.6 Å². The standard InChI is InChI=1S/C17H20F2N2O3/c1-16(11-7-12(18)9-13(19)8-11)10-21(15(23)24)17(14(22)20-16)5-3-2-4-6-17/h7-9H,2-6,10H2,1H3,(H,20,22)(H,23,24)/t16-/m0/s1. The summed E-state index contributed by atoms with van der Waals surface area (Å²) in [6.45, 7) is 1.54. The number of nitrogens with one attached hydrogen (secondary N) is 1. The second kappa shape index (κ2) is 5.72. The first kappa shape index (κ1) is 16.7. The van der Waals surface area contributed by atoms with Gasteiger partial charge in [-0.15, -0.1) is 0 Å². The van der Waals surface area contributed by atoms with Crippen LogP contribution in [0.2, 0.25) is 0 Å². The van der Waals surface area contributed by atoms with Crippen LogP contribution in [0.5, 0.6) is 0 Å². The fraction of sp³-hybridized carbons (Fsp3) is 0.529. The van der Waals surface area contributed by atoms with E-state index in [1.807, 2.05) is 0 Å². The molecule has 5 nitrogen and oxygen atoms in total. The quantitative estimate of drug-likeness (QED) is 0.827. The topological polar surface area (TPSA) is 69.6 Å². The lowest BCUT2D eigenvalue weighted by molar-refractivity contribution is -0.143. The van der Waals surface area contributed by atoms with Crippen LogP contribution in [0.4, 0.5) is 13.6 Å². The Morgan fingerprint density at radius 3 is 2.29 bits per heavy atom. The van der Waals surface area contributed by atoms with Gasteiger partial charge in [-0.1, -0.05) is 19.3 Å². The Balaban J connectivity index is 2.01. The highest BCUT2D eigenvalue weighted by molar-refractivity contribution is 5.92. The minimum atomic E-state index is -1.19. The van der Waals surface area contributed by atoms with Gasteiger partial charge in [0.2, 0.25) is 5.91 Å². The van der Waals surface area contributed by atoms with Gasteiger partial charge in [-0.3, -0.25) is 9.69 Å². The number of halogens is 2. The van der Waals surface area contributed by atoms with Crippen molar-refractivity contribution in [3.05, 3.63) is 35.4 Å². The van der Waals surface area contributed by atoms with Gasteiger partial charge in [0.25, 0.3) is 0 Å². The molecule has 0 bridgehead atoms. The molecule has 2 fully saturated rings. The van der Waals surface area contributed by atoms with E-state index in [1.54, 1.807) is 6.92 Å². The highest BCUT2D eigenvalue weighted by atomic mass is 19.1. The Labute approximate surface area is 138 Å². The van der Waals surface area contributed by atoms with Gasteiger partial charge in [-0.25, -0.2) is 13.6 Å². The number of carbonyl (C=O) groups is 2. The maximum absolute atomic E-state index is 13.6. The fourth-order valence-electron chi connectivity index (χ4n) is 3.92. The van der Waals surface area contributed by atoms with E-state index in [9.17, 15) is 23.5 Å².